The predicted molar refractivity (Wildman–Crippen MR) is 68.4 cm³/mol. The number of rotatable bonds is 5. The molecule has 0 aliphatic heterocycles. The molecule has 0 heterocycles. The zero-order valence-corrected chi connectivity index (χ0v) is 10.6. The molecule has 1 atom stereocenters. The summed E-state index contributed by atoms with van der Waals surface area (Å²) in [6.07, 6.45) is 0. The van der Waals surface area contributed by atoms with Crippen molar-refractivity contribution < 1.29 is 24.5 Å². The Balaban J connectivity index is 2.76. The lowest BCUT2D eigenvalue weighted by Gasteiger charge is -2.14. The number of anilines is 1. The molecule has 0 saturated carbocycles. The van der Waals surface area contributed by atoms with Crippen molar-refractivity contribution in [2.24, 2.45) is 0 Å². The number of hydrogen-bond donors (Lipinski definition) is 4. The average Bonchev–Trinajstić information content (AvgIpc) is 2.35. The number of aliphatic hydroxyl groups is 1. The number of amides is 2. The van der Waals surface area contributed by atoms with Crippen LogP contribution in [0.3, 0.4) is 0 Å². The van der Waals surface area contributed by atoms with Gasteiger partial charge in [-0.2, -0.15) is 0 Å². The number of carboxylic acids is 1. The van der Waals surface area contributed by atoms with Crippen molar-refractivity contribution in [1.29, 1.82) is 0 Å². The summed E-state index contributed by atoms with van der Waals surface area (Å²) in [6.45, 7) is 1.16. The van der Waals surface area contributed by atoms with Gasteiger partial charge in [0.15, 0.2) is 6.04 Å². The van der Waals surface area contributed by atoms with Crippen molar-refractivity contribution in [3.05, 3.63) is 23.8 Å². The first-order valence-corrected chi connectivity index (χ1v) is 5.53. The normalized spacial score (nSPS) is 11.5. The van der Waals surface area contributed by atoms with Gasteiger partial charge in [-0.15, -0.1) is 0 Å². The maximum absolute atomic E-state index is 11.6. The van der Waals surface area contributed by atoms with E-state index in [1.165, 1.54) is 7.11 Å². The van der Waals surface area contributed by atoms with Crippen LogP contribution in [-0.4, -0.2) is 42.0 Å². The minimum Gasteiger partial charge on any atom is -0.495 e. The largest absolute Gasteiger partial charge is 0.495 e. The van der Waals surface area contributed by atoms with Crippen LogP contribution in [-0.2, 0) is 4.79 Å². The Morgan fingerprint density at radius 1 is 1.42 bits per heavy atom. The molecule has 0 spiro atoms. The molecule has 0 saturated heterocycles. The summed E-state index contributed by atoms with van der Waals surface area (Å²) < 4.78 is 5.07. The van der Waals surface area contributed by atoms with Gasteiger partial charge in [0.25, 0.3) is 0 Å². The maximum Gasteiger partial charge on any atom is 0.328 e. The van der Waals surface area contributed by atoms with Crippen LogP contribution in [0.4, 0.5) is 10.5 Å². The molecule has 19 heavy (non-hydrogen) atoms. The number of aliphatic carboxylic acids is 1. The van der Waals surface area contributed by atoms with Gasteiger partial charge in [-0.05, 0) is 24.6 Å². The Morgan fingerprint density at radius 2 is 2.11 bits per heavy atom. The van der Waals surface area contributed by atoms with Gasteiger partial charge in [0.2, 0.25) is 0 Å². The number of aryl methyl sites for hydroxylation is 1. The number of ether oxygens (including phenoxy) is 1. The van der Waals surface area contributed by atoms with E-state index in [0.29, 0.717) is 11.4 Å². The van der Waals surface area contributed by atoms with Crippen molar-refractivity contribution in [2.75, 3.05) is 19.0 Å². The molecule has 1 aromatic rings. The molecule has 0 aliphatic carbocycles. The summed E-state index contributed by atoms with van der Waals surface area (Å²) in [7, 11) is 1.46. The Labute approximate surface area is 110 Å². The average molecular weight is 268 g/mol. The molecule has 0 aromatic heterocycles. The summed E-state index contributed by atoms with van der Waals surface area (Å²) >= 11 is 0. The zero-order chi connectivity index (χ0) is 14.4. The van der Waals surface area contributed by atoms with Crippen LogP contribution in [0.2, 0.25) is 0 Å². The van der Waals surface area contributed by atoms with E-state index < -0.39 is 24.6 Å². The van der Waals surface area contributed by atoms with E-state index >= 15 is 0 Å². The van der Waals surface area contributed by atoms with E-state index in [1.54, 1.807) is 12.1 Å². The smallest absolute Gasteiger partial charge is 0.328 e. The van der Waals surface area contributed by atoms with E-state index in [9.17, 15) is 9.59 Å². The topological polar surface area (TPSA) is 108 Å². The van der Waals surface area contributed by atoms with Crippen LogP contribution in [0.15, 0.2) is 18.2 Å². The number of benzene rings is 1. The van der Waals surface area contributed by atoms with Crippen LogP contribution in [0.5, 0.6) is 5.75 Å². The SMILES string of the molecule is COc1ccc(C)cc1NC(=O)N[C@@H](CO)C(=O)O. The number of nitrogens with one attached hydrogen (secondary N) is 2. The lowest BCUT2D eigenvalue weighted by atomic mass is 10.2. The highest BCUT2D eigenvalue weighted by Crippen LogP contribution is 2.24. The minimum atomic E-state index is -1.35. The molecule has 1 rings (SSSR count). The number of carbonyl (C=O) groups is 2. The fourth-order valence-corrected chi connectivity index (χ4v) is 1.42. The summed E-state index contributed by atoms with van der Waals surface area (Å²) in [4.78, 5) is 22.3. The molecule has 4 N–H and O–H groups in total. The second kappa shape index (κ2) is 6.60. The first-order chi connectivity index (χ1) is 8.97. The number of methoxy groups -OCH3 is 1. The third-order valence-corrected chi connectivity index (χ3v) is 2.39. The predicted octanol–water partition coefficient (Wildman–Crippen LogP) is 0.571. The first-order valence-electron chi connectivity index (χ1n) is 5.53. The Hall–Kier alpha value is -2.28. The van der Waals surface area contributed by atoms with Gasteiger partial charge >= 0.3 is 12.0 Å². The van der Waals surface area contributed by atoms with Crippen LogP contribution >= 0.6 is 0 Å². The van der Waals surface area contributed by atoms with E-state index in [0.717, 1.165) is 5.56 Å². The van der Waals surface area contributed by atoms with E-state index in [1.807, 2.05) is 13.0 Å². The van der Waals surface area contributed by atoms with E-state index in [-0.39, 0.29) is 0 Å². The molecule has 0 fully saturated rings. The van der Waals surface area contributed by atoms with Crippen molar-refractivity contribution in [1.82, 2.24) is 5.32 Å². The molecule has 0 bridgehead atoms. The van der Waals surface area contributed by atoms with E-state index in [2.05, 4.69) is 10.6 Å². The van der Waals surface area contributed by atoms with Crippen LogP contribution < -0.4 is 15.4 Å². The second-order valence-corrected chi connectivity index (χ2v) is 3.88. The van der Waals surface area contributed by atoms with Gasteiger partial charge in [0, 0.05) is 0 Å². The van der Waals surface area contributed by atoms with Crippen molar-refractivity contribution in [2.45, 2.75) is 13.0 Å². The molecular formula is C12H16N2O5. The quantitative estimate of drug-likeness (QED) is 0.624. The van der Waals surface area contributed by atoms with Crippen molar-refractivity contribution in [3.63, 3.8) is 0 Å². The summed E-state index contributed by atoms with van der Waals surface area (Å²) in [6, 6.07) is 3.11. The van der Waals surface area contributed by atoms with Gasteiger partial charge in [-0.3, -0.25) is 0 Å². The molecule has 104 valence electrons. The molecule has 7 nitrogen and oxygen atoms in total. The van der Waals surface area contributed by atoms with Crippen LogP contribution in [0, 0.1) is 6.92 Å². The van der Waals surface area contributed by atoms with Crippen molar-refractivity contribution in [3.8, 4) is 5.75 Å². The lowest BCUT2D eigenvalue weighted by Crippen LogP contribution is -2.45. The van der Waals surface area contributed by atoms with Crippen molar-refractivity contribution >= 4 is 17.7 Å². The zero-order valence-electron chi connectivity index (χ0n) is 10.6. The number of carbonyl (C=O) groups excluding carboxylic acids is 1. The van der Waals surface area contributed by atoms with Crippen LogP contribution in [0.25, 0.3) is 0 Å². The maximum atomic E-state index is 11.6. The number of carboxylic acid groups (broad SMARTS) is 1. The third kappa shape index (κ3) is 4.14. The van der Waals surface area contributed by atoms with Gasteiger partial charge in [-0.1, -0.05) is 6.07 Å². The number of aliphatic hydroxyl groups excluding tert-OH is 1. The molecule has 2 amide bonds. The van der Waals surface area contributed by atoms with Gasteiger partial charge in [0.05, 0.1) is 19.4 Å². The second-order valence-electron chi connectivity index (χ2n) is 3.88. The Morgan fingerprint density at radius 3 is 2.63 bits per heavy atom. The minimum absolute atomic E-state index is 0.419. The molecule has 0 radical (unpaired) electrons. The Bertz CT molecular complexity index is 475. The monoisotopic (exact) mass is 268 g/mol. The third-order valence-electron chi connectivity index (χ3n) is 2.39. The molecule has 7 heteroatoms. The molecule has 1 aromatic carbocycles. The van der Waals surface area contributed by atoms with Gasteiger partial charge < -0.3 is 25.6 Å². The lowest BCUT2D eigenvalue weighted by molar-refractivity contribution is -0.140. The highest BCUT2D eigenvalue weighted by Gasteiger charge is 2.19. The summed E-state index contributed by atoms with van der Waals surface area (Å²) in [5, 5.41) is 22.1. The summed E-state index contributed by atoms with van der Waals surface area (Å²) in [5.74, 6) is -0.856. The highest BCUT2D eigenvalue weighted by atomic mass is 16.5. The first kappa shape index (κ1) is 14.8. The fourth-order valence-electron chi connectivity index (χ4n) is 1.42. The highest BCUT2D eigenvalue weighted by molar-refractivity contribution is 5.93. The Kier molecular flexibility index (Phi) is 5.13. The standard InChI is InChI=1S/C12H16N2O5/c1-7-3-4-10(19-2)8(5-7)13-12(18)14-9(6-15)11(16)17/h3-5,9,15H,6H2,1-2H3,(H,16,17)(H2,13,14,18)/t9-/m0/s1. The molecule has 0 unspecified atom stereocenters. The van der Waals surface area contributed by atoms with Gasteiger partial charge in [0.1, 0.15) is 5.75 Å². The van der Waals surface area contributed by atoms with E-state index in [4.69, 9.17) is 14.9 Å². The summed E-state index contributed by atoms with van der Waals surface area (Å²) in [5.41, 5.74) is 1.33. The van der Waals surface area contributed by atoms with Gasteiger partial charge in [-0.25, -0.2) is 9.59 Å². The molecular weight excluding hydrogens is 252 g/mol. The molecule has 0 aliphatic rings. The number of hydrogen-bond acceptors (Lipinski definition) is 4. The number of urea groups is 1. The fraction of sp³-hybridized carbons (Fsp3) is 0.333. The van der Waals surface area contributed by atoms with Crippen LogP contribution in [0.1, 0.15) is 5.56 Å².